The summed E-state index contributed by atoms with van der Waals surface area (Å²) in [6, 6.07) is 6.13. The zero-order chi connectivity index (χ0) is 9.10. The average molecular weight is 196 g/mol. The number of aromatic nitrogens is 4. The van der Waals surface area contributed by atoms with E-state index in [4.69, 9.17) is 0 Å². The number of hydrogen-bond acceptors (Lipinski definition) is 4. The number of rotatable bonds is 2. The van der Waals surface area contributed by atoms with Crippen LogP contribution in [-0.2, 0) is 0 Å². The predicted octanol–water partition coefficient (Wildman–Crippen LogP) is 1.37. The Bertz CT molecular complexity index is 372. The fourth-order valence-corrected chi connectivity index (χ4v) is 1.43. The molecule has 66 valence electrons. The Labute approximate surface area is 77.9 Å². The molecule has 0 aliphatic carbocycles. The fraction of sp³-hybridized carbons (Fsp3) is 0. The Kier molecular flexibility index (Phi) is 2.22. The SMILES string of the molecule is Fc1ccc(Sn2cnnn2)cc1. The maximum atomic E-state index is 12.5. The number of nitrogens with zero attached hydrogens (tertiary/aromatic N) is 4. The van der Waals surface area contributed by atoms with Gasteiger partial charge < -0.3 is 0 Å². The molecule has 0 atom stereocenters. The topological polar surface area (TPSA) is 43.6 Å². The van der Waals surface area contributed by atoms with Gasteiger partial charge in [-0.05, 0) is 34.7 Å². The Balaban J connectivity index is 2.15. The van der Waals surface area contributed by atoms with Gasteiger partial charge in [0.1, 0.15) is 5.82 Å². The molecular formula is C7H5FN4S. The maximum Gasteiger partial charge on any atom is 0.151 e. The molecule has 0 aliphatic heterocycles. The molecule has 0 spiro atoms. The Hall–Kier alpha value is -1.43. The van der Waals surface area contributed by atoms with Crippen LogP contribution in [0.2, 0.25) is 0 Å². The van der Waals surface area contributed by atoms with Gasteiger partial charge >= 0.3 is 0 Å². The van der Waals surface area contributed by atoms with Crippen LogP contribution < -0.4 is 0 Å². The van der Waals surface area contributed by atoms with Gasteiger partial charge in [-0.1, -0.05) is 0 Å². The van der Waals surface area contributed by atoms with Gasteiger partial charge in [0.2, 0.25) is 0 Å². The van der Waals surface area contributed by atoms with Crippen molar-refractivity contribution in [3.8, 4) is 0 Å². The van der Waals surface area contributed by atoms with E-state index < -0.39 is 0 Å². The van der Waals surface area contributed by atoms with E-state index in [9.17, 15) is 4.39 Å². The third-order valence-corrected chi connectivity index (χ3v) is 2.18. The quantitative estimate of drug-likeness (QED) is 0.727. The molecule has 1 heterocycles. The van der Waals surface area contributed by atoms with Crippen molar-refractivity contribution in [3.05, 3.63) is 36.4 Å². The van der Waals surface area contributed by atoms with Gasteiger partial charge in [-0.15, -0.1) is 5.10 Å². The molecule has 2 aromatic rings. The molecule has 1 aromatic carbocycles. The van der Waals surface area contributed by atoms with Crippen molar-refractivity contribution < 1.29 is 4.39 Å². The molecule has 13 heavy (non-hydrogen) atoms. The highest BCUT2D eigenvalue weighted by Gasteiger charge is 1.97. The summed E-state index contributed by atoms with van der Waals surface area (Å²) >= 11 is 1.32. The molecule has 0 amide bonds. The van der Waals surface area contributed by atoms with Gasteiger partial charge in [-0.2, -0.15) is 4.09 Å². The second-order valence-electron chi connectivity index (χ2n) is 2.26. The van der Waals surface area contributed by atoms with Crippen molar-refractivity contribution in [2.24, 2.45) is 0 Å². The van der Waals surface area contributed by atoms with Crippen LogP contribution in [0.1, 0.15) is 0 Å². The van der Waals surface area contributed by atoms with Crippen molar-refractivity contribution in [3.63, 3.8) is 0 Å². The lowest BCUT2D eigenvalue weighted by Crippen LogP contribution is -1.87. The van der Waals surface area contributed by atoms with Gasteiger partial charge in [-0.25, -0.2) is 4.39 Å². The van der Waals surface area contributed by atoms with Gasteiger partial charge in [0.15, 0.2) is 6.33 Å². The monoisotopic (exact) mass is 196 g/mol. The molecular weight excluding hydrogens is 191 g/mol. The number of hydrogen-bond donors (Lipinski definition) is 0. The lowest BCUT2D eigenvalue weighted by Gasteiger charge is -1.97. The standard InChI is InChI=1S/C7H5FN4S/c8-6-1-3-7(4-2-6)13-12-5-9-10-11-12/h1-5H. The van der Waals surface area contributed by atoms with Crippen LogP contribution in [0, 0.1) is 5.82 Å². The van der Waals surface area contributed by atoms with Crippen molar-refractivity contribution in [1.82, 2.24) is 19.6 Å². The van der Waals surface area contributed by atoms with Gasteiger partial charge in [-0.3, -0.25) is 0 Å². The Morgan fingerprint density at radius 1 is 1.23 bits per heavy atom. The minimum Gasteiger partial charge on any atom is -0.207 e. The smallest absolute Gasteiger partial charge is 0.151 e. The van der Waals surface area contributed by atoms with E-state index in [1.165, 1.54) is 34.5 Å². The molecule has 0 saturated carbocycles. The second kappa shape index (κ2) is 3.53. The first kappa shape index (κ1) is 8.18. The van der Waals surface area contributed by atoms with Crippen LogP contribution in [0.5, 0.6) is 0 Å². The fourth-order valence-electron chi connectivity index (χ4n) is 0.798. The van der Waals surface area contributed by atoms with Crippen LogP contribution in [0.25, 0.3) is 0 Å². The highest BCUT2D eigenvalue weighted by Crippen LogP contribution is 2.17. The summed E-state index contributed by atoms with van der Waals surface area (Å²) in [6.45, 7) is 0. The molecule has 0 aliphatic rings. The summed E-state index contributed by atoms with van der Waals surface area (Å²) in [4.78, 5) is 0.883. The molecule has 0 bridgehead atoms. The Morgan fingerprint density at radius 3 is 2.62 bits per heavy atom. The van der Waals surface area contributed by atoms with Crippen molar-refractivity contribution in [1.29, 1.82) is 0 Å². The van der Waals surface area contributed by atoms with Gasteiger partial charge in [0.05, 0.1) is 0 Å². The summed E-state index contributed by atoms with van der Waals surface area (Å²) in [5.41, 5.74) is 0. The van der Waals surface area contributed by atoms with Crippen LogP contribution in [-0.4, -0.2) is 19.6 Å². The van der Waals surface area contributed by atoms with E-state index >= 15 is 0 Å². The molecule has 1 aromatic heterocycles. The molecule has 4 nitrogen and oxygen atoms in total. The summed E-state index contributed by atoms with van der Waals surface area (Å²) in [5, 5.41) is 10.6. The summed E-state index contributed by atoms with van der Waals surface area (Å²) < 4.78 is 14.0. The second-order valence-corrected chi connectivity index (χ2v) is 3.29. The van der Waals surface area contributed by atoms with E-state index in [-0.39, 0.29) is 5.82 Å². The number of benzene rings is 1. The maximum absolute atomic E-state index is 12.5. The third kappa shape index (κ3) is 2.03. The summed E-state index contributed by atoms with van der Waals surface area (Å²) in [7, 11) is 0. The Morgan fingerprint density at radius 2 is 2.00 bits per heavy atom. The molecule has 0 unspecified atom stereocenters. The van der Waals surface area contributed by atoms with Crippen molar-refractivity contribution >= 4 is 11.9 Å². The summed E-state index contributed by atoms with van der Waals surface area (Å²) in [6.07, 6.45) is 1.48. The zero-order valence-electron chi connectivity index (χ0n) is 6.46. The molecule has 2 rings (SSSR count). The zero-order valence-corrected chi connectivity index (χ0v) is 7.28. The van der Waals surface area contributed by atoms with E-state index in [1.807, 2.05) is 0 Å². The van der Waals surface area contributed by atoms with Crippen molar-refractivity contribution in [2.75, 3.05) is 0 Å². The lowest BCUT2D eigenvalue weighted by atomic mass is 10.4. The minimum absolute atomic E-state index is 0.249. The van der Waals surface area contributed by atoms with Gasteiger partial charge in [0.25, 0.3) is 0 Å². The minimum atomic E-state index is -0.249. The van der Waals surface area contributed by atoms with E-state index in [0.29, 0.717) is 0 Å². The normalized spacial score (nSPS) is 10.2. The van der Waals surface area contributed by atoms with Gasteiger partial charge in [0, 0.05) is 16.8 Å². The molecule has 0 fully saturated rings. The molecule has 0 N–H and O–H groups in total. The van der Waals surface area contributed by atoms with Crippen LogP contribution in [0.4, 0.5) is 4.39 Å². The largest absolute Gasteiger partial charge is 0.207 e. The molecule has 0 saturated heterocycles. The van der Waals surface area contributed by atoms with Crippen molar-refractivity contribution in [2.45, 2.75) is 4.90 Å². The number of tetrazole rings is 1. The van der Waals surface area contributed by atoms with E-state index in [0.717, 1.165) is 4.90 Å². The molecule has 0 radical (unpaired) electrons. The first-order chi connectivity index (χ1) is 6.34. The number of halogens is 1. The first-order valence-corrected chi connectivity index (χ1v) is 4.29. The highest BCUT2D eigenvalue weighted by atomic mass is 32.2. The first-order valence-electron chi connectivity index (χ1n) is 3.51. The molecule has 6 heteroatoms. The lowest BCUT2D eigenvalue weighted by molar-refractivity contribution is 0.626. The third-order valence-electron chi connectivity index (χ3n) is 1.34. The highest BCUT2D eigenvalue weighted by molar-refractivity contribution is 7.97. The van der Waals surface area contributed by atoms with Crippen LogP contribution in [0.15, 0.2) is 35.5 Å². The summed E-state index contributed by atoms with van der Waals surface area (Å²) in [5.74, 6) is -0.249. The van der Waals surface area contributed by atoms with Crippen LogP contribution in [0.3, 0.4) is 0 Å². The van der Waals surface area contributed by atoms with Crippen LogP contribution >= 0.6 is 11.9 Å². The van der Waals surface area contributed by atoms with E-state index in [2.05, 4.69) is 15.5 Å². The predicted molar refractivity (Wildman–Crippen MR) is 45.5 cm³/mol. The van der Waals surface area contributed by atoms with E-state index in [1.54, 1.807) is 12.1 Å². The average Bonchev–Trinajstić information content (AvgIpc) is 2.62.